The monoisotopic (exact) mass is 513 g/mol. The second-order valence-electron chi connectivity index (χ2n) is 9.09. The number of anilines is 1. The fourth-order valence-electron chi connectivity index (χ4n) is 5.00. The Morgan fingerprint density at radius 3 is 2.43 bits per heavy atom. The van der Waals surface area contributed by atoms with E-state index in [1.165, 1.54) is 0 Å². The molecular weight excluding hydrogens is 478 g/mol. The third-order valence-corrected chi connectivity index (χ3v) is 6.79. The minimum absolute atomic E-state index is 0. The Labute approximate surface area is 214 Å². The molecule has 2 aromatic carbocycles. The molecule has 4 N–H and O–H groups in total. The van der Waals surface area contributed by atoms with Crippen molar-refractivity contribution in [2.45, 2.75) is 52.1 Å². The molecule has 0 saturated carbocycles. The molecule has 1 aliphatic rings. The van der Waals surface area contributed by atoms with Crippen LogP contribution in [0.2, 0.25) is 0 Å². The summed E-state index contributed by atoms with van der Waals surface area (Å²) in [6.45, 7) is 8.65. The molecule has 1 saturated heterocycles. The van der Waals surface area contributed by atoms with Crippen molar-refractivity contribution in [1.29, 1.82) is 0 Å². The molecule has 0 spiro atoms. The SMILES string of the molecule is CCCN1CCC(Nc2ccc(C(=O)N(CC)CC)c3oc(=O)c(=O)oc23)CC1c1cccc(O)c1.O. The van der Waals surface area contributed by atoms with Crippen LogP contribution in [-0.4, -0.2) is 58.5 Å². The van der Waals surface area contributed by atoms with Crippen molar-refractivity contribution in [3.05, 3.63) is 68.4 Å². The number of hydrogen-bond donors (Lipinski definition) is 2. The summed E-state index contributed by atoms with van der Waals surface area (Å²) in [6, 6.07) is 10.8. The molecule has 0 bridgehead atoms. The van der Waals surface area contributed by atoms with Crippen molar-refractivity contribution < 1.29 is 24.2 Å². The van der Waals surface area contributed by atoms with E-state index < -0.39 is 11.3 Å². The molecule has 200 valence electrons. The molecule has 3 aromatic rings. The molecular formula is C27H35N3O7. The van der Waals surface area contributed by atoms with Crippen molar-refractivity contribution in [2.24, 2.45) is 0 Å². The van der Waals surface area contributed by atoms with Crippen molar-refractivity contribution in [3.63, 3.8) is 0 Å². The summed E-state index contributed by atoms with van der Waals surface area (Å²) >= 11 is 0. The van der Waals surface area contributed by atoms with Crippen LogP contribution in [-0.2, 0) is 0 Å². The van der Waals surface area contributed by atoms with Gasteiger partial charge >= 0.3 is 11.3 Å². The van der Waals surface area contributed by atoms with E-state index in [4.69, 9.17) is 8.83 Å². The Hall–Kier alpha value is -3.63. The van der Waals surface area contributed by atoms with Crippen LogP contribution < -0.4 is 16.6 Å². The summed E-state index contributed by atoms with van der Waals surface area (Å²) in [6.07, 6.45) is 2.62. The Balaban J connectivity index is 0.00000380. The van der Waals surface area contributed by atoms with Gasteiger partial charge in [-0.05, 0) is 69.5 Å². The van der Waals surface area contributed by atoms with Crippen LogP contribution in [0, 0.1) is 0 Å². The van der Waals surface area contributed by atoms with E-state index in [0.29, 0.717) is 18.8 Å². The maximum atomic E-state index is 13.0. The lowest BCUT2D eigenvalue weighted by Gasteiger charge is -2.40. The number of phenolic OH excluding ortho intramolecular Hbond substituents is 1. The third kappa shape index (κ3) is 5.86. The molecule has 2 heterocycles. The quantitative estimate of drug-likeness (QED) is 0.437. The normalized spacial score (nSPS) is 17.8. The average Bonchev–Trinajstić information content (AvgIpc) is 2.87. The zero-order chi connectivity index (χ0) is 25.8. The molecule has 2 atom stereocenters. The van der Waals surface area contributed by atoms with Gasteiger partial charge in [0.15, 0.2) is 11.2 Å². The highest BCUT2D eigenvalue weighted by molar-refractivity contribution is 6.06. The third-order valence-electron chi connectivity index (χ3n) is 6.79. The molecule has 4 rings (SSSR count). The maximum Gasteiger partial charge on any atom is 0.423 e. The largest absolute Gasteiger partial charge is 0.508 e. The number of rotatable bonds is 8. The van der Waals surface area contributed by atoms with Crippen molar-refractivity contribution >= 4 is 22.8 Å². The summed E-state index contributed by atoms with van der Waals surface area (Å²) in [7, 11) is 0. The molecule has 37 heavy (non-hydrogen) atoms. The first-order valence-electron chi connectivity index (χ1n) is 12.6. The Bertz CT molecular complexity index is 1350. The van der Waals surface area contributed by atoms with Gasteiger partial charge in [0.2, 0.25) is 0 Å². The molecule has 1 aromatic heterocycles. The van der Waals surface area contributed by atoms with Crippen molar-refractivity contribution in [2.75, 3.05) is 31.5 Å². The minimum Gasteiger partial charge on any atom is -0.508 e. The minimum atomic E-state index is -1.15. The smallest absolute Gasteiger partial charge is 0.423 e. The zero-order valence-corrected chi connectivity index (χ0v) is 21.5. The standard InChI is InChI=1S/C27H33N3O6.H2O/c1-4-13-30-14-12-18(16-22(30)17-8-7-9-19(31)15-17)28-21-11-10-20(25(32)29(5-2)6-3)23-24(21)36-27(34)26(33)35-23;/h7-11,15,18,22,28,31H,4-6,12-14,16H2,1-3H3;1H2. The lowest BCUT2D eigenvalue weighted by Crippen LogP contribution is -2.42. The first-order valence-corrected chi connectivity index (χ1v) is 12.6. The van der Waals surface area contributed by atoms with E-state index >= 15 is 0 Å². The van der Waals surface area contributed by atoms with E-state index in [0.717, 1.165) is 37.9 Å². The van der Waals surface area contributed by atoms with Gasteiger partial charge in [0.1, 0.15) is 5.75 Å². The first-order chi connectivity index (χ1) is 17.4. The van der Waals surface area contributed by atoms with Crippen LogP contribution in [0.4, 0.5) is 5.69 Å². The lowest BCUT2D eigenvalue weighted by molar-refractivity contribution is 0.0773. The van der Waals surface area contributed by atoms with Gasteiger partial charge in [-0.1, -0.05) is 19.1 Å². The predicted octanol–water partition coefficient (Wildman–Crippen LogP) is 3.14. The highest BCUT2D eigenvalue weighted by Crippen LogP contribution is 2.35. The van der Waals surface area contributed by atoms with E-state index in [9.17, 15) is 19.5 Å². The number of nitrogens with zero attached hydrogens (tertiary/aromatic N) is 2. The molecule has 1 aliphatic heterocycles. The Morgan fingerprint density at radius 2 is 1.78 bits per heavy atom. The Kier molecular flexibility index (Phi) is 9.12. The van der Waals surface area contributed by atoms with E-state index in [1.54, 1.807) is 29.2 Å². The number of amides is 1. The summed E-state index contributed by atoms with van der Waals surface area (Å²) in [5, 5.41) is 13.5. The highest BCUT2D eigenvalue weighted by atomic mass is 16.5. The summed E-state index contributed by atoms with van der Waals surface area (Å²) in [5.74, 6) is -0.0688. The fourth-order valence-corrected chi connectivity index (χ4v) is 5.00. The summed E-state index contributed by atoms with van der Waals surface area (Å²) in [4.78, 5) is 41.1. The highest BCUT2D eigenvalue weighted by Gasteiger charge is 2.30. The average molecular weight is 514 g/mol. The number of piperidine rings is 1. The van der Waals surface area contributed by atoms with E-state index in [2.05, 4.69) is 17.1 Å². The van der Waals surface area contributed by atoms with Gasteiger partial charge in [-0.25, -0.2) is 9.59 Å². The molecule has 0 radical (unpaired) electrons. The number of fused-ring (bicyclic) bond motifs is 1. The molecule has 10 nitrogen and oxygen atoms in total. The summed E-state index contributed by atoms with van der Waals surface area (Å²) < 4.78 is 10.6. The molecule has 1 fully saturated rings. The number of carbonyl (C=O) groups is 1. The summed E-state index contributed by atoms with van der Waals surface area (Å²) in [5.41, 5.74) is -0.533. The molecule has 10 heteroatoms. The fraction of sp³-hybridized carbons (Fsp3) is 0.444. The molecule has 1 amide bonds. The van der Waals surface area contributed by atoms with Gasteiger partial charge in [-0.3, -0.25) is 9.69 Å². The van der Waals surface area contributed by atoms with E-state index in [-0.39, 0.29) is 45.9 Å². The lowest BCUT2D eigenvalue weighted by atomic mass is 9.91. The number of phenols is 1. The topological polar surface area (TPSA) is 148 Å². The van der Waals surface area contributed by atoms with Crippen LogP contribution in [0.3, 0.4) is 0 Å². The van der Waals surface area contributed by atoms with Crippen LogP contribution >= 0.6 is 0 Å². The van der Waals surface area contributed by atoms with Gasteiger partial charge in [-0.15, -0.1) is 0 Å². The second-order valence-corrected chi connectivity index (χ2v) is 9.09. The molecule has 2 unspecified atom stereocenters. The van der Waals surface area contributed by atoms with Gasteiger partial charge < -0.3 is 29.6 Å². The van der Waals surface area contributed by atoms with Crippen LogP contribution in [0.1, 0.15) is 62.0 Å². The van der Waals surface area contributed by atoms with Crippen LogP contribution in [0.5, 0.6) is 5.75 Å². The number of carbonyl (C=O) groups excluding carboxylic acids is 1. The van der Waals surface area contributed by atoms with Gasteiger partial charge in [0, 0.05) is 31.7 Å². The number of aromatic hydroxyl groups is 1. The van der Waals surface area contributed by atoms with Gasteiger partial charge in [0.25, 0.3) is 5.91 Å². The van der Waals surface area contributed by atoms with Crippen molar-refractivity contribution in [1.82, 2.24) is 9.80 Å². The van der Waals surface area contributed by atoms with Gasteiger partial charge in [0.05, 0.1) is 11.3 Å². The Morgan fingerprint density at radius 1 is 1.08 bits per heavy atom. The first kappa shape index (κ1) is 27.9. The van der Waals surface area contributed by atoms with Gasteiger partial charge in [-0.2, -0.15) is 0 Å². The predicted molar refractivity (Wildman–Crippen MR) is 141 cm³/mol. The number of hydrogen-bond acceptors (Lipinski definition) is 8. The zero-order valence-electron chi connectivity index (χ0n) is 21.5. The maximum absolute atomic E-state index is 13.0. The number of likely N-dealkylation sites (tertiary alicyclic amines) is 1. The number of nitrogens with one attached hydrogen (secondary N) is 1. The second kappa shape index (κ2) is 12.1. The molecule has 0 aliphatic carbocycles. The number of benzene rings is 2. The van der Waals surface area contributed by atoms with Crippen molar-refractivity contribution in [3.8, 4) is 5.75 Å². The van der Waals surface area contributed by atoms with Crippen LogP contribution in [0.15, 0.2) is 54.8 Å². The van der Waals surface area contributed by atoms with Crippen LogP contribution in [0.25, 0.3) is 11.2 Å². The van der Waals surface area contributed by atoms with E-state index in [1.807, 2.05) is 26.0 Å².